The molecule has 0 N–H and O–H groups in total. The van der Waals surface area contributed by atoms with Gasteiger partial charge in [-0.3, -0.25) is 0 Å². The van der Waals surface area contributed by atoms with Crippen molar-refractivity contribution >= 4 is 27.5 Å². The van der Waals surface area contributed by atoms with E-state index >= 15 is 0 Å². The molecule has 2 rings (SSSR count). The van der Waals surface area contributed by atoms with E-state index in [1.54, 1.807) is 12.3 Å². The van der Waals surface area contributed by atoms with Gasteiger partial charge in [-0.05, 0) is 46.6 Å². The lowest BCUT2D eigenvalue weighted by atomic mass is 10.3. The summed E-state index contributed by atoms with van der Waals surface area (Å²) in [6.45, 7) is 1.90. The molecule has 0 aliphatic heterocycles. The van der Waals surface area contributed by atoms with Gasteiger partial charge in [-0.2, -0.15) is 0 Å². The number of hydrogen-bond donors (Lipinski definition) is 0. The van der Waals surface area contributed by atoms with Crippen molar-refractivity contribution in [3.63, 3.8) is 0 Å². The average Bonchev–Trinajstić information content (AvgIpc) is 2.31. The molecule has 0 saturated carbocycles. The number of rotatable bonds is 2. The highest BCUT2D eigenvalue weighted by Gasteiger charge is 2.11. The Morgan fingerprint density at radius 3 is 2.88 bits per heavy atom. The van der Waals surface area contributed by atoms with Crippen LogP contribution in [0.15, 0.2) is 34.9 Å². The van der Waals surface area contributed by atoms with Crippen LogP contribution in [-0.4, -0.2) is 4.98 Å². The third-order valence-corrected chi connectivity index (χ3v) is 3.43. The zero-order valence-electron chi connectivity index (χ0n) is 8.88. The van der Waals surface area contributed by atoms with Gasteiger partial charge < -0.3 is 4.74 Å². The predicted octanol–water partition coefficient (Wildman–Crippen LogP) is 4.74. The van der Waals surface area contributed by atoms with Crippen LogP contribution in [-0.2, 0) is 0 Å². The molecule has 0 bridgehead atoms. The van der Waals surface area contributed by atoms with Gasteiger partial charge in [0.25, 0.3) is 0 Å². The van der Waals surface area contributed by atoms with Crippen molar-refractivity contribution in [3.05, 3.63) is 51.3 Å². The van der Waals surface area contributed by atoms with Gasteiger partial charge in [0.1, 0.15) is 0 Å². The van der Waals surface area contributed by atoms with Crippen LogP contribution in [0.4, 0.5) is 4.39 Å². The molecule has 0 atom stereocenters. The lowest BCUT2D eigenvalue weighted by molar-refractivity contribution is 0.424. The molecule has 5 heteroatoms. The van der Waals surface area contributed by atoms with E-state index < -0.39 is 5.82 Å². The van der Waals surface area contributed by atoms with Crippen molar-refractivity contribution in [2.24, 2.45) is 0 Å². The minimum absolute atomic E-state index is 0.0197. The molecule has 0 fully saturated rings. The number of aryl methyl sites for hydroxylation is 1. The van der Waals surface area contributed by atoms with E-state index in [1.165, 1.54) is 12.1 Å². The van der Waals surface area contributed by atoms with Crippen molar-refractivity contribution in [3.8, 4) is 11.6 Å². The Labute approximate surface area is 112 Å². The van der Waals surface area contributed by atoms with Crippen LogP contribution >= 0.6 is 27.5 Å². The largest absolute Gasteiger partial charge is 0.435 e. The van der Waals surface area contributed by atoms with Crippen LogP contribution < -0.4 is 4.74 Å². The Balaban J connectivity index is 2.38. The monoisotopic (exact) mass is 315 g/mol. The molecule has 0 unspecified atom stereocenters. The first kappa shape index (κ1) is 12.3. The second-order valence-electron chi connectivity index (χ2n) is 3.40. The zero-order valence-corrected chi connectivity index (χ0v) is 11.2. The van der Waals surface area contributed by atoms with Crippen LogP contribution in [0.3, 0.4) is 0 Å². The van der Waals surface area contributed by atoms with Gasteiger partial charge in [0, 0.05) is 6.20 Å². The molecule has 2 nitrogen and oxygen atoms in total. The van der Waals surface area contributed by atoms with Crippen LogP contribution in [0.25, 0.3) is 0 Å². The number of ether oxygens (including phenoxy) is 1. The Morgan fingerprint density at radius 1 is 1.35 bits per heavy atom. The SMILES string of the molecule is Cc1ccnc(Oc2cccc(Cl)c2F)c1Br. The highest BCUT2D eigenvalue weighted by Crippen LogP contribution is 2.32. The quantitative estimate of drug-likeness (QED) is 0.798. The van der Waals surface area contributed by atoms with Crippen LogP contribution in [0.5, 0.6) is 11.6 Å². The van der Waals surface area contributed by atoms with E-state index in [2.05, 4.69) is 20.9 Å². The van der Waals surface area contributed by atoms with Crippen LogP contribution in [0, 0.1) is 12.7 Å². The Bertz CT molecular complexity index is 513. The van der Waals surface area contributed by atoms with Gasteiger partial charge in [0.15, 0.2) is 11.6 Å². The summed E-state index contributed by atoms with van der Waals surface area (Å²) in [5, 5.41) is 0.0197. The topological polar surface area (TPSA) is 22.1 Å². The maximum atomic E-state index is 13.6. The first-order valence-corrected chi connectivity index (χ1v) is 5.99. The fourth-order valence-electron chi connectivity index (χ4n) is 1.25. The number of benzene rings is 1. The molecule has 0 amide bonds. The molecule has 0 spiro atoms. The molecule has 0 aliphatic carbocycles. The van der Waals surface area contributed by atoms with Gasteiger partial charge in [0.05, 0.1) is 9.50 Å². The predicted molar refractivity (Wildman–Crippen MR) is 68.2 cm³/mol. The van der Waals surface area contributed by atoms with Crippen molar-refractivity contribution < 1.29 is 9.13 Å². The lowest BCUT2D eigenvalue weighted by Gasteiger charge is -2.09. The van der Waals surface area contributed by atoms with E-state index in [1.807, 2.05) is 13.0 Å². The maximum Gasteiger partial charge on any atom is 0.234 e. The summed E-state index contributed by atoms with van der Waals surface area (Å²) in [7, 11) is 0. The molecule has 1 aromatic heterocycles. The lowest BCUT2D eigenvalue weighted by Crippen LogP contribution is -1.93. The summed E-state index contributed by atoms with van der Waals surface area (Å²) >= 11 is 9.00. The second-order valence-corrected chi connectivity index (χ2v) is 4.60. The van der Waals surface area contributed by atoms with Gasteiger partial charge >= 0.3 is 0 Å². The average molecular weight is 317 g/mol. The number of halogens is 3. The van der Waals surface area contributed by atoms with E-state index in [0.29, 0.717) is 10.4 Å². The first-order chi connectivity index (χ1) is 8.09. The minimum Gasteiger partial charge on any atom is -0.435 e. The second kappa shape index (κ2) is 5.02. The fraction of sp³-hybridized carbons (Fsp3) is 0.0833. The van der Waals surface area contributed by atoms with Crippen LogP contribution in [0.2, 0.25) is 5.02 Å². The van der Waals surface area contributed by atoms with Crippen molar-refractivity contribution in [2.45, 2.75) is 6.92 Å². The Morgan fingerprint density at radius 2 is 2.12 bits per heavy atom. The summed E-state index contributed by atoms with van der Waals surface area (Å²) in [4.78, 5) is 4.03. The molecule has 0 saturated heterocycles. The minimum atomic E-state index is -0.593. The standard InChI is InChI=1S/C12H8BrClFNO/c1-7-5-6-16-12(10(7)13)17-9-4-2-3-8(14)11(9)15/h2-6H,1H3. The molecule has 1 aromatic carbocycles. The summed E-state index contributed by atoms with van der Waals surface area (Å²) < 4.78 is 19.7. The Kier molecular flexibility index (Phi) is 3.64. The molecule has 0 aliphatic rings. The molecular weight excluding hydrogens is 308 g/mol. The molecule has 0 radical (unpaired) electrons. The highest BCUT2D eigenvalue weighted by atomic mass is 79.9. The fourth-order valence-corrected chi connectivity index (χ4v) is 1.73. The number of pyridine rings is 1. The number of hydrogen-bond acceptors (Lipinski definition) is 2. The third kappa shape index (κ3) is 2.58. The van der Waals surface area contributed by atoms with Crippen molar-refractivity contribution in [2.75, 3.05) is 0 Å². The normalized spacial score (nSPS) is 10.4. The zero-order chi connectivity index (χ0) is 12.4. The third-order valence-electron chi connectivity index (χ3n) is 2.17. The molecule has 2 aromatic rings. The number of nitrogens with zero attached hydrogens (tertiary/aromatic N) is 1. The van der Waals surface area contributed by atoms with E-state index in [-0.39, 0.29) is 10.8 Å². The van der Waals surface area contributed by atoms with Gasteiger partial charge in [0.2, 0.25) is 5.88 Å². The van der Waals surface area contributed by atoms with Gasteiger partial charge in [-0.15, -0.1) is 0 Å². The smallest absolute Gasteiger partial charge is 0.234 e. The van der Waals surface area contributed by atoms with E-state index in [0.717, 1.165) is 5.56 Å². The molecule has 1 heterocycles. The molecule has 88 valence electrons. The van der Waals surface area contributed by atoms with Gasteiger partial charge in [-0.1, -0.05) is 17.7 Å². The summed E-state index contributed by atoms with van der Waals surface area (Å²) in [5.41, 5.74) is 0.956. The summed E-state index contributed by atoms with van der Waals surface area (Å²) in [5.74, 6) is -0.230. The summed E-state index contributed by atoms with van der Waals surface area (Å²) in [6.07, 6.45) is 1.60. The summed E-state index contributed by atoms with van der Waals surface area (Å²) in [6, 6.07) is 6.40. The molecule has 17 heavy (non-hydrogen) atoms. The molecular formula is C12H8BrClFNO. The van der Waals surface area contributed by atoms with Crippen LogP contribution in [0.1, 0.15) is 5.56 Å². The van der Waals surface area contributed by atoms with Crippen molar-refractivity contribution in [1.29, 1.82) is 0 Å². The Hall–Kier alpha value is -1.13. The van der Waals surface area contributed by atoms with Gasteiger partial charge in [-0.25, -0.2) is 9.37 Å². The van der Waals surface area contributed by atoms with E-state index in [9.17, 15) is 4.39 Å². The first-order valence-electron chi connectivity index (χ1n) is 4.82. The van der Waals surface area contributed by atoms with Crippen molar-refractivity contribution in [1.82, 2.24) is 4.98 Å². The van der Waals surface area contributed by atoms with E-state index in [4.69, 9.17) is 16.3 Å². The highest BCUT2D eigenvalue weighted by molar-refractivity contribution is 9.10. The maximum absolute atomic E-state index is 13.6. The number of aromatic nitrogens is 1.